The normalized spacial score (nSPS) is 18.4. The van der Waals surface area contributed by atoms with E-state index in [-0.39, 0.29) is 16.4 Å². The number of nitrogens with one attached hydrogen (secondary N) is 1. The Kier molecular flexibility index (Phi) is 4.73. The molecule has 0 fully saturated rings. The highest BCUT2D eigenvalue weighted by molar-refractivity contribution is 8.00. The molecular weight excluding hydrogens is 332 g/mol. The number of para-hydroxylation sites is 1. The van der Waals surface area contributed by atoms with Gasteiger partial charge in [-0.15, -0.1) is 5.10 Å². The minimum atomic E-state index is -0.235. The third kappa shape index (κ3) is 3.23. The summed E-state index contributed by atoms with van der Waals surface area (Å²) in [5, 5.41) is 7.44. The van der Waals surface area contributed by atoms with E-state index in [0.29, 0.717) is 5.16 Å². The topological polar surface area (TPSA) is 61.9 Å². The molecule has 2 aromatic rings. The Morgan fingerprint density at radius 3 is 2.76 bits per heavy atom. The van der Waals surface area contributed by atoms with Crippen LogP contribution in [0.15, 0.2) is 41.2 Å². The van der Waals surface area contributed by atoms with Crippen LogP contribution in [0, 0.1) is 0 Å². The first-order valence-electron chi connectivity index (χ1n) is 8.51. The Hall–Kier alpha value is -2.08. The van der Waals surface area contributed by atoms with E-state index in [4.69, 9.17) is 0 Å². The summed E-state index contributed by atoms with van der Waals surface area (Å²) < 4.78 is 0. The van der Waals surface area contributed by atoms with Gasteiger partial charge in [-0.3, -0.25) is 9.89 Å². The number of carbonyl (C=O) groups is 1. The van der Waals surface area contributed by atoms with Gasteiger partial charge in [0.05, 0.1) is 5.25 Å². The van der Waals surface area contributed by atoms with Crippen LogP contribution in [-0.4, -0.2) is 33.3 Å². The summed E-state index contributed by atoms with van der Waals surface area (Å²) in [4.78, 5) is 19.3. The number of aryl methyl sites for hydroxylation is 1. The van der Waals surface area contributed by atoms with E-state index in [1.165, 1.54) is 17.3 Å². The quantitative estimate of drug-likeness (QED) is 0.653. The third-order valence-electron chi connectivity index (χ3n) is 4.75. The maximum Gasteiger partial charge on any atom is 0.209 e. The molecule has 0 bridgehead atoms. The Labute approximate surface area is 152 Å². The molecule has 1 aromatic heterocycles. The van der Waals surface area contributed by atoms with Crippen LogP contribution in [0.4, 0.5) is 5.69 Å². The number of nitrogens with zero attached hydrogens (tertiary/aromatic N) is 3. The smallest absolute Gasteiger partial charge is 0.209 e. The van der Waals surface area contributed by atoms with Gasteiger partial charge in [0.1, 0.15) is 5.82 Å². The second kappa shape index (κ2) is 6.67. The number of H-pyrrole nitrogens is 1. The minimum Gasteiger partial charge on any atom is -0.347 e. The number of anilines is 1. The number of aromatic amines is 1. The van der Waals surface area contributed by atoms with Crippen LogP contribution >= 0.6 is 11.8 Å². The first-order chi connectivity index (χ1) is 11.8. The van der Waals surface area contributed by atoms with E-state index in [1.807, 2.05) is 33.0 Å². The number of hydrogen-bond acceptors (Lipinski definition) is 5. The number of fused-ring (bicyclic) bond motifs is 1. The van der Waals surface area contributed by atoms with Crippen LogP contribution in [-0.2, 0) is 16.6 Å². The Morgan fingerprint density at radius 1 is 1.40 bits per heavy atom. The molecule has 25 heavy (non-hydrogen) atoms. The third-order valence-corrected chi connectivity index (χ3v) is 5.73. The summed E-state index contributed by atoms with van der Waals surface area (Å²) in [5.41, 5.74) is 3.24. The molecule has 1 aliphatic rings. The SMILES string of the molecule is CCc1nc(SC(C)C(=O)/C=C2/N(C)c3ccccc3C2(C)C)n[nH]1. The molecule has 132 valence electrons. The van der Waals surface area contributed by atoms with Crippen LogP contribution in [0.3, 0.4) is 0 Å². The van der Waals surface area contributed by atoms with Crippen molar-refractivity contribution in [2.45, 2.75) is 49.9 Å². The van der Waals surface area contributed by atoms with Gasteiger partial charge >= 0.3 is 0 Å². The fourth-order valence-electron chi connectivity index (χ4n) is 3.22. The molecule has 1 unspecified atom stereocenters. The number of hydrogen-bond donors (Lipinski definition) is 1. The summed E-state index contributed by atoms with van der Waals surface area (Å²) in [6, 6.07) is 8.31. The predicted octanol–water partition coefficient (Wildman–Crippen LogP) is 3.73. The number of ketones is 1. The minimum absolute atomic E-state index is 0.0792. The zero-order valence-electron chi connectivity index (χ0n) is 15.3. The fraction of sp³-hybridized carbons (Fsp3) is 0.421. The van der Waals surface area contributed by atoms with Crippen molar-refractivity contribution in [3.8, 4) is 0 Å². The highest BCUT2D eigenvalue weighted by atomic mass is 32.2. The summed E-state index contributed by atoms with van der Waals surface area (Å²) in [6.45, 7) is 8.24. The molecule has 0 amide bonds. The maximum absolute atomic E-state index is 12.8. The monoisotopic (exact) mass is 356 g/mol. The van der Waals surface area contributed by atoms with Crippen molar-refractivity contribution in [2.75, 3.05) is 11.9 Å². The molecule has 0 spiro atoms. The van der Waals surface area contributed by atoms with Gasteiger partial charge in [-0.05, 0) is 18.6 Å². The first-order valence-corrected chi connectivity index (χ1v) is 9.39. The molecule has 1 N–H and O–H groups in total. The molecular formula is C19H24N4OS. The summed E-state index contributed by atoms with van der Waals surface area (Å²) in [6.07, 6.45) is 2.59. The predicted molar refractivity (Wildman–Crippen MR) is 102 cm³/mol. The van der Waals surface area contributed by atoms with E-state index < -0.39 is 0 Å². The van der Waals surface area contributed by atoms with Gasteiger partial charge in [-0.25, -0.2) is 4.98 Å². The lowest BCUT2D eigenvalue weighted by molar-refractivity contribution is -0.114. The van der Waals surface area contributed by atoms with Crippen molar-refractivity contribution in [3.63, 3.8) is 0 Å². The highest BCUT2D eigenvalue weighted by Crippen LogP contribution is 2.46. The number of thioether (sulfide) groups is 1. The average Bonchev–Trinajstić information content (AvgIpc) is 3.12. The summed E-state index contributed by atoms with van der Waals surface area (Å²) in [5.74, 6) is 0.920. The molecule has 1 atom stereocenters. The van der Waals surface area contributed by atoms with E-state index in [2.05, 4.69) is 46.1 Å². The van der Waals surface area contributed by atoms with E-state index in [0.717, 1.165) is 23.6 Å². The van der Waals surface area contributed by atoms with Crippen LogP contribution < -0.4 is 4.90 Å². The van der Waals surface area contributed by atoms with Crippen molar-refractivity contribution in [1.29, 1.82) is 0 Å². The molecule has 0 aliphatic carbocycles. The number of benzene rings is 1. The number of allylic oxidation sites excluding steroid dienone is 2. The molecule has 3 rings (SSSR count). The zero-order chi connectivity index (χ0) is 18.2. The van der Waals surface area contributed by atoms with Gasteiger partial charge in [0, 0.05) is 36.3 Å². The van der Waals surface area contributed by atoms with Crippen molar-refractivity contribution in [3.05, 3.63) is 47.4 Å². The first kappa shape index (κ1) is 17.7. The Morgan fingerprint density at radius 2 is 2.12 bits per heavy atom. The van der Waals surface area contributed by atoms with E-state index in [1.54, 1.807) is 6.08 Å². The Balaban J connectivity index is 1.81. The molecule has 2 heterocycles. The highest BCUT2D eigenvalue weighted by Gasteiger charge is 2.38. The van der Waals surface area contributed by atoms with Crippen molar-refractivity contribution in [1.82, 2.24) is 15.2 Å². The summed E-state index contributed by atoms with van der Waals surface area (Å²) >= 11 is 1.39. The number of aromatic nitrogens is 3. The molecule has 0 radical (unpaired) electrons. The van der Waals surface area contributed by atoms with Crippen molar-refractivity contribution < 1.29 is 4.79 Å². The average molecular weight is 356 g/mol. The lowest BCUT2D eigenvalue weighted by Crippen LogP contribution is -2.25. The van der Waals surface area contributed by atoms with Crippen molar-refractivity contribution >= 4 is 23.2 Å². The van der Waals surface area contributed by atoms with Crippen LogP contribution in [0.1, 0.15) is 39.1 Å². The summed E-state index contributed by atoms with van der Waals surface area (Å²) in [7, 11) is 2.02. The molecule has 5 nitrogen and oxygen atoms in total. The van der Waals surface area contributed by atoms with Crippen LogP contribution in [0.25, 0.3) is 0 Å². The molecule has 1 aromatic carbocycles. The van der Waals surface area contributed by atoms with Crippen LogP contribution in [0.5, 0.6) is 0 Å². The number of likely N-dealkylation sites (N-methyl/N-ethyl adjacent to an activating group) is 1. The second-order valence-electron chi connectivity index (χ2n) is 6.81. The van der Waals surface area contributed by atoms with Crippen molar-refractivity contribution in [2.24, 2.45) is 0 Å². The van der Waals surface area contributed by atoms with E-state index >= 15 is 0 Å². The maximum atomic E-state index is 12.8. The van der Waals surface area contributed by atoms with E-state index in [9.17, 15) is 4.79 Å². The number of carbonyl (C=O) groups excluding carboxylic acids is 1. The van der Waals surface area contributed by atoms with Crippen LogP contribution in [0.2, 0.25) is 0 Å². The standard InChI is InChI=1S/C19H24N4OS/c1-6-17-20-18(22-21-17)25-12(2)15(24)11-16-19(3,4)13-9-7-8-10-14(13)23(16)5/h7-12H,6H2,1-5H3,(H,20,21,22)/b16-11+. The molecule has 6 heteroatoms. The fourth-order valence-corrected chi connectivity index (χ4v) is 3.98. The molecule has 0 saturated heterocycles. The number of rotatable bonds is 5. The van der Waals surface area contributed by atoms with Gasteiger partial charge in [-0.1, -0.05) is 50.7 Å². The van der Waals surface area contributed by atoms with Gasteiger partial charge in [0.15, 0.2) is 5.78 Å². The zero-order valence-corrected chi connectivity index (χ0v) is 16.1. The van der Waals surface area contributed by atoms with Gasteiger partial charge in [0.2, 0.25) is 5.16 Å². The lowest BCUT2D eigenvalue weighted by atomic mass is 9.83. The largest absolute Gasteiger partial charge is 0.347 e. The van der Waals surface area contributed by atoms with Gasteiger partial charge in [-0.2, -0.15) is 0 Å². The lowest BCUT2D eigenvalue weighted by Gasteiger charge is -2.24. The second-order valence-corrected chi connectivity index (χ2v) is 8.12. The Bertz CT molecular complexity index is 824. The van der Waals surface area contributed by atoms with Gasteiger partial charge < -0.3 is 4.90 Å². The van der Waals surface area contributed by atoms with Gasteiger partial charge in [0.25, 0.3) is 0 Å². The molecule has 0 saturated carbocycles. The molecule has 1 aliphatic heterocycles.